The highest BCUT2D eigenvalue weighted by Crippen LogP contribution is 2.39. The zero-order valence-electron chi connectivity index (χ0n) is 32.4. The number of hydrogen-bond donors (Lipinski definition) is 0. The molecule has 2 heterocycles. The van der Waals surface area contributed by atoms with Crippen molar-refractivity contribution < 1.29 is 0 Å². The molecule has 59 heavy (non-hydrogen) atoms. The fraction of sp³-hybridized carbons (Fsp3) is 0.0370. The molecule has 0 saturated carbocycles. The first-order valence-corrected chi connectivity index (χ1v) is 20.1. The third kappa shape index (κ3) is 6.03. The monoisotopic (exact) mass is 755 g/mol. The van der Waals surface area contributed by atoms with Gasteiger partial charge >= 0.3 is 0 Å². The van der Waals surface area contributed by atoms with Gasteiger partial charge in [-0.15, -0.1) is 0 Å². The van der Waals surface area contributed by atoms with Gasteiger partial charge in [0.05, 0.1) is 16.7 Å². The zero-order chi connectivity index (χ0) is 39.3. The number of hydrogen-bond acceptors (Lipinski definition) is 4. The van der Waals surface area contributed by atoms with Gasteiger partial charge in [-0.2, -0.15) is 0 Å². The number of rotatable bonds is 7. The number of para-hydroxylation sites is 2. The molecule has 11 rings (SSSR count). The molecule has 0 aliphatic rings. The van der Waals surface area contributed by atoms with Crippen molar-refractivity contribution in [2.24, 2.45) is 0 Å². The summed E-state index contributed by atoms with van der Waals surface area (Å²) < 4.78 is 2.34. The Hall–Kier alpha value is -7.76. The van der Waals surface area contributed by atoms with Crippen LogP contribution in [0.4, 0.5) is 0 Å². The minimum Gasteiger partial charge on any atom is -0.296 e. The van der Waals surface area contributed by atoms with E-state index in [4.69, 9.17) is 19.9 Å². The third-order valence-electron chi connectivity index (χ3n) is 11.4. The van der Waals surface area contributed by atoms with E-state index in [1.807, 2.05) is 18.2 Å². The van der Waals surface area contributed by atoms with E-state index in [1.54, 1.807) is 0 Å². The Kier molecular flexibility index (Phi) is 8.37. The second-order valence-electron chi connectivity index (χ2n) is 14.9. The Bertz CT molecular complexity index is 3370. The van der Waals surface area contributed by atoms with Crippen LogP contribution in [0.15, 0.2) is 194 Å². The molecule has 0 spiro atoms. The number of benzene rings is 9. The predicted octanol–water partition coefficient (Wildman–Crippen LogP) is 13.6. The second kappa shape index (κ2) is 14.3. The van der Waals surface area contributed by atoms with E-state index in [2.05, 4.69) is 187 Å². The highest BCUT2D eigenvalue weighted by molar-refractivity contribution is 6.13. The smallest absolute Gasteiger partial charge is 0.164 e. The molecule has 2 aromatic heterocycles. The van der Waals surface area contributed by atoms with Gasteiger partial charge in [0.15, 0.2) is 17.5 Å². The first kappa shape index (κ1) is 34.5. The normalized spacial score (nSPS) is 11.5. The standard InChI is InChI=1S/C54H37N5/c1-2-50-55-47-25-12-13-26-48(47)59(50)49-32-31-36-15-6-9-22-43(36)51(49)37-29-27-35(28-30-37)39-19-14-20-41(33-39)53-56-52(38-16-4-3-5-17-38)57-54(58-53)46-34-40-18-7-8-21-42(40)44-23-10-11-24-45(44)46/h3-34H,2H2,1H3. The molecule has 0 aliphatic carbocycles. The van der Waals surface area contributed by atoms with Gasteiger partial charge in [0.1, 0.15) is 5.82 Å². The molecular formula is C54H37N5. The fourth-order valence-corrected chi connectivity index (χ4v) is 8.58. The lowest BCUT2D eigenvalue weighted by Crippen LogP contribution is -2.03. The SMILES string of the molecule is CCc1nc2ccccc2n1-c1ccc2ccccc2c1-c1ccc(-c2cccc(-c3nc(-c4ccccc4)nc(-c4cc5ccccc5c5ccccc45)n3)c2)cc1. The van der Waals surface area contributed by atoms with Crippen molar-refractivity contribution in [3.05, 3.63) is 200 Å². The van der Waals surface area contributed by atoms with Crippen LogP contribution in [0.2, 0.25) is 0 Å². The van der Waals surface area contributed by atoms with Crippen LogP contribution in [0.25, 0.3) is 105 Å². The van der Waals surface area contributed by atoms with Gasteiger partial charge in [-0.05, 0) is 79.3 Å². The van der Waals surface area contributed by atoms with Crippen LogP contribution >= 0.6 is 0 Å². The van der Waals surface area contributed by atoms with Crippen LogP contribution < -0.4 is 0 Å². The van der Waals surface area contributed by atoms with Crippen LogP contribution in [-0.4, -0.2) is 24.5 Å². The molecule has 5 nitrogen and oxygen atoms in total. The van der Waals surface area contributed by atoms with Crippen molar-refractivity contribution in [3.8, 4) is 62.1 Å². The minimum absolute atomic E-state index is 0.629. The molecule has 0 bridgehead atoms. The maximum Gasteiger partial charge on any atom is 0.164 e. The fourth-order valence-electron chi connectivity index (χ4n) is 8.58. The van der Waals surface area contributed by atoms with Gasteiger partial charge in [0.25, 0.3) is 0 Å². The quantitative estimate of drug-likeness (QED) is 0.152. The number of nitrogens with zero attached hydrogens (tertiary/aromatic N) is 5. The molecular weight excluding hydrogens is 719 g/mol. The van der Waals surface area contributed by atoms with Gasteiger partial charge in [0, 0.05) is 28.7 Å². The number of imidazole rings is 1. The summed E-state index contributed by atoms with van der Waals surface area (Å²) in [7, 11) is 0. The highest BCUT2D eigenvalue weighted by Gasteiger charge is 2.19. The van der Waals surface area contributed by atoms with Gasteiger partial charge < -0.3 is 0 Å². The van der Waals surface area contributed by atoms with Crippen molar-refractivity contribution in [1.29, 1.82) is 0 Å². The van der Waals surface area contributed by atoms with Crippen LogP contribution in [-0.2, 0) is 6.42 Å². The summed E-state index contributed by atoms with van der Waals surface area (Å²) in [6, 6.07) is 68.4. The third-order valence-corrected chi connectivity index (χ3v) is 11.4. The maximum atomic E-state index is 5.21. The van der Waals surface area contributed by atoms with Crippen molar-refractivity contribution in [2.75, 3.05) is 0 Å². The summed E-state index contributed by atoms with van der Waals surface area (Å²) in [5.41, 5.74) is 10.6. The predicted molar refractivity (Wildman–Crippen MR) is 244 cm³/mol. The van der Waals surface area contributed by atoms with E-state index in [0.717, 1.165) is 73.1 Å². The second-order valence-corrected chi connectivity index (χ2v) is 14.9. The van der Waals surface area contributed by atoms with Gasteiger partial charge in [-0.3, -0.25) is 4.57 Å². The molecule has 9 aromatic carbocycles. The largest absolute Gasteiger partial charge is 0.296 e. The van der Waals surface area contributed by atoms with Crippen molar-refractivity contribution >= 4 is 43.4 Å². The lowest BCUT2D eigenvalue weighted by molar-refractivity contribution is 0.910. The van der Waals surface area contributed by atoms with Crippen LogP contribution in [0.1, 0.15) is 12.7 Å². The summed E-state index contributed by atoms with van der Waals surface area (Å²) in [6.45, 7) is 2.17. The van der Waals surface area contributed by atoms with Gasteiger partial charge in [-0.25, -0.2) is 19.9 Å². The number of fused-ring (bicyclic) bond motifs is 5. The molecule has 0 amide bonds. The average molecular weight is 756 g/mol. The van der Waals surface area contributed by atoms with E-state index in [0.29, 0.717) is 17.5 Å². The van der Waals surface area contributed by atoms with E-state index >= 15 is 0 Å². The first-order valence-electron chi connectivity index (χ1n) is 20.1. The highest BCUT2D eigenvalue weighted by atomic mass is 15.1. The van der Waals surface area contributed by atoms with E-state index in [-0.39, 0.29) is 0 Å². The van der Waals surface area contributed by atoms with Gasteiger partial charge in [0.2, 0.25) is 0 Å². The van der Waals surface area contributed by atoms with Crippen LogP contribution in [0.3, 0.4) is 0 Å². The zero-order valence-corrected chi connectivity index (χ0v) is 32.4. The molecule has 0 radical (unpaired) electrons. The molecule has 0 saturated heterocycles. The first-order chi connectivity index (χ1) is 29.2. The average Bonchev–Trinajstić information content (AvgIpc) is 3.70. The summed E-state index contributed by atoms with van der Waals surface area (Å²) >= 11 is 0. The molecule has 0 N–H and O–H groups in total. The van der Waals surface area contributed by atoms with Crippen LogP contribution in [0.5, 0.6) is 0 Å². The Morgan fingerprint density at radius 3 is 1.81 bits per heavy atom. The molecule has 0 fully saturated rings. The number of aryl methyl sites for hydroxylation is 1. The van der Waals surface area contributed by atoms with E-state index in [9.17, 15) is 0 Å². The topological polar surface area (TPSA) is 56.5 Å². The van der Waals surface area contributed by atoms with Crippen molar-refractivity contribution in [2.45, 2.75) is 13.3 Å². The molecule has 0 aliphatic heterocycles. The van der Waals surface area contributed by atoms with Gasteiger partial charge in [-0.1, -0.05) is 171 Å². The molecule has 278 valence electrons. The lowest BCUT2D eigenvalue weighted by Gasteiger charge is -2.17. The molecule has 0 unspecified atom stereocenters. The minimum atomic E-state index is 0.629. The lowest BCUT2D eigenvalue weighted by atomic mass is 9.94. The Balaban J connectivity index is 1.03. The molecule has 0 atom stereocenters. The van der Waals surface area contributed by atoms with Crippen molar-refractivity contribution in [1.82, 2.24) is 24.5 Å². The summed E-state index contributed by atoms with van der Waals surface area (Å²) in [4.78, 5) is 20.5. The Morgan fingerprint density at radius 1 is 0.390 bits per heavy atom. The maximum absolute atomic E-state index is 5.21. The van der Waals surface area contributed by atoms with E-state index in [1.165, 1.54) is 27.1 Å². The summed E-state index contributed by atoms with van der Waals surface area (Å²) in [5, 5.41) is 7.05. The Morgan fingerprint density at radius 2 is 1.00 bits per heavy atom. The van der Waals surface area contributed by atoms with E-state index < -0.39 is 0 Å². The summed E-state index contributed by atoms with van der Waals surface area (Å²) in [5.74, 6) is 2.96. The Labute approximate surface area is 342 Å². The summed E-state index contributed by atoms with van der Waals surface area (Å²) in [6.07, 6.45) is 0.824. The van der Waals surface area contributed by atoms with Crippen LogP contribution in [0, 0.1) is 0 Å². The molecule has 5 heteroatoms. The van der Waals surface area contributed by atoms with Crippen molar-refractivity contribution in [3.63, 3.8) is 0 Å². The molecule has 11 aromatic rings. The number of aromatic nitrogens is 5.